The topological polar surface area (TPSA) is 46.1 Å². The summed E-state index contributed by atoms with van der Waals surface area (Å²) in [7, 11) is 0. The van der Waals surface area contributed by atoms with Crippen LogP contribution in [0.2, 0.25) is 0 Å². The molecule has 4 nitrogen and oxygen atoms in total. The molecule has 0 bridgehead atoms. The quantitative estimate of drug-likeness (QED) is 0.595. The molecule has 5 heteroatoms. The van der Waals surface area contributed by atoms with Crippen LogP contribution in [-0.4, -0.2) is 15.9 Å². The second-order valence-electron chi connectivity index (χ2n) is 8.01. The van der Waals surface area contributed by atoms with Crippen molar-refractivity contribution in [2.24, 2.45) is 11.3 Å². The van der Waals surface area contributed by atoms with E-state index < -0.39 is 5.41 Å². The van der Waals surface area contributed by atoms with Gasteiger partial charge in [0.05, 0.1) is 11.1 Å². The molecule has 1 saturated heterocycles. The number of aryl methyl sites for hydroxylation is 1. The lowest BCUT2D eigenvalue weighted by molar-refractivity contribution is -0.125. The van der Waals surface area contributed by atoms with Gasteiger partial charge in [-0.05, 0) is 48.6 Å². The van der Waals surface area contributed by atoms with Crippen molar-refractivity contribution in [1.82, 2.24) is 9.97 Å². The molecule has 1 amide bonds. The van der Waals surface area contributed by atoms with E-state index >= 15 is 0 Å². The molecule has 2 aliphatic rings. The molecular weight excluding hydrogens is 366 g/mol. The molecule has 3 aromatic rings. The molecule has 1 aliphatic carbocycles. The highest BCUT2D eigenvalue weighted by Crippen LogP contribution is 2.51. The molecule has 0 N–H and O–H groups in total. The van der Waals surface area contributed by atoms with E-state index in [1.807, 2.05) is 30.3 Å². The number of hydrogen-bond donors (Lipinski definition) is 0. The lowest BCUT2D eigenvalue weighted by Gasteiger charge is -2.26. The standard InChI is InChI=1S/C23H21N3OS/c1-14-24-12-16(13-25-14)15-7-8-18-20(11-15)26(22(27)23(18,2)3)19-5-4-6-21-17(19)9-10-28-21/h4-7,9-13,18H,8H2,1-3H3. The maximum absolute atomic E-state index is 13.5. The fraction of sp³-hybridized carbons (Fsp3) is 0.261. The number of thiophene rings is 1. The number of allylic oxidation sites excluding steroid dienone is 4. The molecule has 1 unspecified atom stereocenters. The zero-order chi connectivity index (χ0) is 19.5. The summed E-state index contributed by atoms with van der Waals surface area (Å²) in [6.45, 7) is 6.01. The number of carbonyl (C=O) groups is 1. The van der Waals surface area contributed by atoms with Crippen molar-refractivity contribution in [2.75, 3.05) is 4.90 Å². The normalized spacial score (nSPS) is 20.9. The summed E-state index contributed by atoms with van der Waals surface area (Å²) in [4.78, 5) is 24.1. The molecule has 5 rings (SSSR count). The Morgan fingerprint density at radius 3 is 2.75 bits per heavy atom. The molecule has 28 heavy (non-hydrogen) atoms. The van der Waals surface area contributed by atoms with Crippen LogP contribution in [0.15, 0.2) is 59.9 Å². The Bertz CT molecular complexity index is 1150. The Balaban J connectivity index is 1.66. The first-order chi connectivity index (χ1) is 13.5. The van der Waals surface area contributed by atoms with E-state index in [0.717, 1.165) is 40.2 Å². The Hall–Kier alpha value is -2.79. The summed E-state index contributed by atoms with van der Waals surface area (Å²) in [6, 6.07) is 8.31. The van der Waals surface area contributed by atoms with Crippen LogP contribution in [0, 0.1) is 18.3 Å². The highest BCUT2D eigenvalue weighted by Gasteiger charge is 2.51. The molecule has 1 aromatic carbocycles. The summed E-state index contributed by atoms with van der Waals surface area (Å²) >= 11 is 1.70. The van der Waals surface area contributed by atoms with Gasteiger partial charge in [-0.25, -0.2) is 9.97 Å². The van der Waals surface area contributed by atoms with Gasteiger partial charge in [0.2, 0.25) is 5.91 Å². The largest absolute Gasteiger partial charge is 0.283 e. The van der Waals surface area contributed by atoms with Gasteiger partial charge in [-0.1, -0.05) is 26.0 Å². The van der Waals surface area contributed by atoms with Crippen LogP contribution in [0.4, 0.5) is 5.69 Å². The summed E-state index contributed by atoms with van der Waals surface area (Å²) in [5.41, 5.74) is 3.69. The number of hydrogen-bond acceptors (Lipinski definition) is 4. The Labute approximate surface area is 168 Å². The predicted molar refractivity (Wildman–Crippen MR) is 114 cm³/mol. The Morgan fingerprint density at radius 2 is 1.96 bits per heavy atom. The van der Waals surface area contributed by atoms with Gasteiger partial charge in [0.25, 0.3) is 0 Å². The van der Waals surface area contributed by atoms with Crippen LogP contribution in [0.25, 0.3) is 15.7 Å². The highest BCUT2D eigenvalue weighted by atomic mass is 32.1. The molecule has 1 fully saturated rings. The minimum absolute atomic E-state index is 0.164. The van der Waals surface area contributed by atoms with E-state index in [1.54, 1.807) is 11.3 Å². The lowest BCUT2D eigenvalue weighted by atomic mass is 9.75. The number of benzene rings is 1. The average Bonchev–Trinajstić information content (AvgIpc) is 3.24. The first-order valence-electron chi connectivity index (χ1n) is 9.48. The van der Waals surface area contributed by atoms with Crippen molar-refractivity contribution in [3.05, 3.63) is 71.3 Å². The first-order valence-corrected chi connectivity index (χ1v) is 10.4. The Kier molecular flexibility index (Phi) is 3.78. The predicted octanol–water partition coefficient (Wildman–Crippen LogP) is 5.36. The van der Waals surface area contributed by atoms with Crippen molar-refractivity contribution >= 4 is 38.6 Å². The monoisotopic (exact) mass is 387 g/mol. The van der Waals surface area contributed by atoms with Crippen molar-refractivity contribution in [1.29, 1.82) is 0 Å². The van der Waals surface area contributed by atoms with Gasteiger partial charge in [-0.15, -0.1) is 11.3 Å². The second-order valence-corrected chi connectivity index (χ2v) is 8.96. The van der Waals surface area contributed by atoms with Gasteiger partial charge in [0.15, 0.2) is 0 Å². The third-order valence-corrected chi connectivity index (χ3v) is 6.83. The van der Waals surface area contributed by atoms with Gasteiger partial charge in [0.1, 0.15) is 5.82 Å². The number of aromatic nitrogens is 2. The van der Waals surface area contributed by atoms with Crippen molar-refractivity contribution in [3.8, 4) is 0 Å². The number of carbonyl (C=O) groups excluding carboxylic acids is 1. The number of rotatable bonds is 2. The van der Waals surface area contributed by atoms with Crippen LogP contribution in [-0.2, 0) is 4.79 Å². The first kappa shape index (κ1) is 17.3. The molecular formula is C23H21N3OS. The summed E-state index contributed by atoms with van der Waals surface area (Å²) in [5.74, 6) is 1.09. The van der Waals surface area contributed by atoms with E-state index in [4.69, 9.17) is 0 Å². The van der Waals surface area contributed by atoms with Crippen LogP contribution < -0.4 is 4.90 Å². The van der Waals surface area contributed by atoms with E-state index in [9.17, 15) is 4.79 Å². The van der Waals surface area contributed by atoms with Gasteiger partial charge in [0, 0.05) is 39.7 Å². The van der Waals surface area contributed by atoms with Gasteiger partial charge in [-0.2, -0.15) is 0 Å². The Morgan fingerprint density at radius 1 is 1.18 bits per heavy atom. The SMILES string of the molecule is Cc1ncc(C2=CCC3C(=C2)N(c2cccc4sccc24)C(=O)C3(C)C)cn1. The van der Waals surface area contributed by atoms with Crippen LogP contribution in [0.1, 0.15) is 31.7 Å². The number of fused-ring (bicyclic) bond motifs is 2. The highest BCUT2D eigenvalue weighted by molar-refractivity contribution is 7.17. The molecule has 1 atom stereocenters. The van der Waals surface area contributed by atoms with Crippen molar-refractivity contribution in [2.45, 2.75) is 27.2 Å². The number of amides is 1. The third-order valence-electron chi connectivity index (χ3n) is 5.95. The molecule has 1 aliphatic heterocycles. The second kappa shape index (κ2) is 6.11. The maximum Gasteiger partial charge on any atom is 0.237 e. The summed E-state index contributed by atoms with van der Waals surface area (Å²) in [6.07, 6.45) is 8.92. The molecule has 2 aromatic heterocycles. The summed E-state index contributed by atoms with van der Waals surface area (Å²) in [5, 5.41) is 3.22. The fourth-order valence-corrected chi connectivity index (χ4v) is 5.10. The van der Waals surface area contributed by atoms with E-state index in [2.05, 4.69) is 59.5 Å². The zero-order valence-electron chi connectivity index (χ0n) is 16.1. The smallest absolute Gasteiger partial charge is 0.237 e. The molecule has 0 saturated carbocycles. The van der Waals surface area contributed by atoms with Crippen LogP contribution in [0.3, 0.4) is 0 Å². The van der Waals surface area contributed by atoms with Crippen LogP contribution >= 0.6 is 11.3 Å². The minimum Gasteiger partial charge on any atom is -0.283 e. The van der Waals surface area contributed by atoms with Gasteiger partial charge < -0.3 is 0 Å². The van der Waals surface area contributed by atoms with Crippen molar-refractivity contribution < 1.29 is 4.79 Å². The van der Waals surface area contributed by atoms with Crippen molar-refractivity contribution in [3.63, 3.8) is 0 Å². The summed E-state index contributed by atoms with van der Waals surface area (Å²) < 4.78 is 1.20. The lowest BCUT2D eigenvalue weighted by Crippen LogP contribution is -2.31. The zero-order valence-corrected chi connectivity index (χ0v) is 17.0. The molecule has 140 valence electrons. The maximum atomic E-state index is 13.5. The van der Waals surface area contributed by atoms with Gasteiger partial charge in [-0.3, -0.25) is 9.69 Å². The number of anilines is 1. The minimum atomic E-state index is -0.435. The van der Waals surface area contributed by atoms with Crippen LogP contribution in [0.5, 0.6) is 0 Å². The van der Waals surface area contributed by atoms with E-state index in [1.165, 1.54) is 4.70 Å². The molecule has 0 spiro atoms. The van der Waals surface area contributed by atoms with E-state index in [0.29, 0.717) is 0 Å². The fourth-order valence-electron chi connectivity index (χ4n) is 4.29. The number of nitrogens with zero attached hydrogens (tertiary/aromatic N) is 3. The van der Waals surface area contributed by atoms with E-state index in [-0.39, 0.29) is 11.8 Å². The molecule has 3 heterocycles. The average molecular weight is 388 g/mol. The third kappa shape index (κ3) is 2.46. The van der Waals surface area contributed by atoms with Gasteiger partial charge >= 0.3 is 0 Å². The molecule has 0 radical (unpaired) electrons.